The first-order valence-electron chi connectivity index (χ1n) is 11.9. The van der Waals surface area contributed by atoms with Crippen molar-refractivity contribution in [3.63, 3.8) is 0 Å². The van der Waals surface area contributed by atoms with E-state index in [0.29, 0.717) is 6.54 Å². The van der Waals surface area contributed by atoms with E-state index in [1.54, 1.807) is 0 Å². The molecule has 2 aromatic carbocycles. The number of nitrogens with two attached hydrogens (primary N) is 1. The summed E-state index contributed by atoms with van der Waals surface area (Å²) in [6, 6.07) is 18.5. The number of rotatable bonds is 9. The van der Waals surface area contributed by atoms with Crippen LogP contribution >= 0.6 is 0 Å². The fourth-order valence-electron chi connectivity index (χ4n) is 4.82. The Labute approximate surface area is 190 Å². The molecule has 0 saturated carbocycles. The lowest BCUT2D eigenvalue weighted by Crippen LogP contribution is -2.47. The molecule has 0 fully saturated rings. The number of nitrogens with one attached hydrogen (secondary N) is 2. The molecule has 1 aliphatic carbocycles. The number of aromatic nitrogens is 1. The molecule has 1 aromatic heterocycles. The standard InChI is InChI=1S/C27H34N4O/c1-19(22-14-6-10-20-9-2-3-13-23(20)22)30-27(32)25(15-4-5-17-28)31-24-16-7-11-21-12-8-18-29-26(21)24/h2-3,6,8-10,12-14,18-19,24-25,31H,4-5,7,11,15-17,28H2,1H3,(H,30,32). The van der Waals surface area contributed by atoms with Gasteiger partial charge in [0.25, 0.3) is 0 Å². The zero-order chi connectivity index (χ0) is 22.3. The third-order valence-electron chi connectivity index (χ3n) is 6.51. The molecule has 0 spiro atoms. The first kappa shape index (κ1) is 22.4. The molecule has 1 heterocycles. The highest BCUT2D eigenvalue weighted by atomic mass is 16.2. The molecule has 4 rings (SSSR count). The lowest BCUT2D eigenvalue weighted by Gasteiger charge is -2.30. The molecule has 1 aliphatic rings. The quantitative estimate of drug-likeness (QED) is 0.434. The molecule has 1 amide bonds. The van der Waals surface area contributed by atoms with E-state index < -0.39 is 0 Å². The third-order valence-corrected chi connectivity index (χ3v) is 6.51. The Morgan fingerprint density at radius 1 is 1.12 bits per heavy atom. The topological polar surface area (TPSA) is 80.0 Å². The average molecular weight is 431 g/mol. The highest BCUT2D eigenvalue weighted by Gasteiger charge is 2.28. The second-order valence-corrected chi connectivity index (χ2v) is 8.79. The monoisotopic (exact) mass is 430 g/mol. The van der Waals surface area contributed by atoms with E-state index >= 15 is 0 Å². The highest BCUT2D eigenvalue weighted by molar-refractivity contribution is 5.87. The van der Waals surface area contributed by atoms with Crippen LogP contribution in [-0.2, 0) is 11.2 Å². The smallest absolute Gasteiger partial charge is 0.237 e. The predicted molar refractivity (Wildman–Crippen MR) is 130 cm³/mol. The van der Waals surface area contributed by atoms with Gasteiger partial charge in [0.1, 0.15) is 0 Å². The van der Waals surface area contributed by atoms with Gasteiger partial charge < -0.3 is 11.1 Å². The summed E-state index contributed by atoms with van der Waals surface area (Å²) in [6.45, 7) is 2.71. The largest absolute Gasteiger partial charge is 0.348 e. The van der Waals surface area contributed by atoms with E-state index in [2.05, 4.69) is 58.9 Å². The number of carbonyl (C=O) groups is 1. The molecule has 3 aromatic rings. The Bertz CT molecular complexity index is 1050. The molecule has 3 atom stereocenters. The number of amides is 1. The second kappa shape index (κ2) is 10.7. The minimum Gasteiger partial charge on any atom is -0.348 e. The lowest BCUT2D eigenvalue weighted by molar-refractivity contribution is -0.124. The Balaban J connectivity index is 1.50. The van der Waals surface area contributed by atoms with Crippen molar-refractivity contribution in [2.75, 3.05) is 6.54 Å². The van der Waals surface area contributed by atoms with Crippen LogP contribution < -0.4 is 16.4 Å². The number of nitrogens with zero attached hydrogens (tertiary/aromatic N) is 1. The van der Waals surface area contributed by atoms with E-state index in [4.69, 9.17) is 5.73 Å². The SMILES string of the molecule is CC(NC(=O)C(CCCCN)NC1CCCc2cccnc21)c1cccc2ccccc12. The molecule has 4 N–H and O–H groups in total. The number of carbonyl (C=O) groups excluding carboxylic acids is 1. The van der Waals surface area contributed by atoms with Crippen molar-refractivity contribution in [2.45, 2.75) is 63.6 Å². The molecular weight excluding hydrogens is 396 g/mol. The van der Waals surface area contributed by atoms with Gasteiger partial charge >= 0.3 is 0 Å². The Kier molecular flexibility index (Phi) is 7.51. The van der Waals surface area contributed by atoms with Crippen LogP contribution in [0.2, 0.25) is 0 Å². The molecular formula is C27H34N4O. The van der Waals surface area contributed by atoms with Gasteiger partial charge in [-0.3, -0.25) is 15.1 Å². The fraction of sp³-hybridized carbons (Fsp3) is 0.407. The van der Waals surface area contributed by atoms with E-state index in [1.807, 2.05) is 24.4 Å². The van der Waals surface area contributed by atoms with Gasteiger partial charge in [-0.1, -0.05) is 55.0 Å². The van der Waals surface area contributed by atoms with Crippen molar-refractivity contribution in [1.82, 2.24) is 15.6 Å². The van der Waals surface area contributed by atoms with Crippen LogP contribution in [0.5, 0.6) is 0 Å². The second-order valence-electron chi connectivity index (χ2n) is 8.79. The number of hydrogen-bond acceptors (Lipinski definition) is 4. The number of fused-ring (bicyclic) bond motifs is 2. The van der Waals surface area contributed by atoms with Gasteiger partial charge in [0.2, 0.25) is 5.91 Å². The highest BCUT2D eigenvalue weighted by Crippen LogP contribution is 2.29. The normalized spacial score (nSPS) is 17.5. The van der Waals surface area contributed by atoms with Gasteiger partial charge in [-0.15, -0.1) is 0 Å². The first-order valence-corrected chi connectivity index (χ1v) is 11.9. The maximum absolute atomic E-state index is 13.4. The van der Waals surface area contributed by atoms with Gasteiger partial charge in [-0.25, -0.2) is 0 Å². The number of hydrogen-bond donors (Lipinski definition) is 3. The lowest BCUT2D eigenvalue weighted by atomic mass is 9.91. The molecule has 0 radical (unpaired) electrons. The number of unbranched alkanes of at least 4 members (excludes halogenated alkanes) is 1. The van der Waals surface area contributed by atoms with Crippen molar-refractivity contribution in [3.8, 4) is 0 Å². The zero-order valence-electron chi connectivity index (χ0n) is 18.9. The molecule has 0 aliphatic heterocycles. The summed E-state index contributed by atoms with van der Waals surface area (Å²) in [4.78, 5) is 18.1. The fourth-order valence-corrected chi connectivity index (χ4v) is 4.82. The van der Waals surface area contributed by atoms with Gasteiger partial charge in [0, 0.05) is 6.20 Å². The molecule has 32 heavy (non-hydrogen) atoms. The van der Waals surface area contributed by atoms with Gasteiger partial charge in [-0.2, -0.15) is 0 Å². The molecule has 0 bridgehead atoms. The van der Waals surface area contributed by atoms with Gasteiger partial charge in [0.15, 0.2) is 0 Å². The van der Waals surface area contributed by atoms with Crippen LogP contribution in [0.15, 0.2) is 60.8 Å². The number of aryl methyl sites for hydroxylation is 1. The summed E-state index contributed by atoms with van der Waals surface area (Å²) in [5, 5.41) is 9.30. The number of benzene rings is 2. The zero-order valence-corrected chi connectivity index (χ0v) is 18.9. The van der Waals surface area contributed by atoms with Crippen molar-refractivity contribution in [3.05, 3.63) is 77.6 Å². The van der Waals surface area contributed by atoms with Gasteiger partial charge in [-0.05, 0) is 73.5 Å². The summed E-state index contributed by atoms with van der Waals surface area (Å²) in [5.41, 5.74) is 9.25. The minimum atomic E-state index is -0.267. The van der Waals surface area contributed by atoms with Crippen LogP contribution in [-0.4, -0.2) is 23.5 Å². The molecule has 3 unspecified atom stereocenters. The summed E-state index contributed by atoms with van der Waals surface area (Å²) in [7, 11) is 0. The van der Waals surface area contributed by atoms with Crippen molar-refractivity contribution >= 4 is 16.7 Å². The Morgan fingerprint density at radius 2 is 1.97 bits per heavy atom. The third kappa shape index (κ3) is 5.17. The number of pyridine rings is 1. The van der Waals surface area contributed by atoms with Crippen LogP contribution in [0, 0.1) is 0 Å². The molecule has 0 saturated heterocycles. The van der Waals surface area contributed by atoms with E-state index in [0.717, 1.165) is 49.8 Å². The van der Waals surface area contributed by atoms with Crippen LogP contribution in [0.4, 0.5) is 0 Å². The van der Waals surface area contributed by atoms with Crippen LogP contribution in [0.25, 0.3) is 10.8 Å². The van der Waals surface area contributed by atoms with Crippen LogP contribution in [0.1, 0.15) is 67.9 Å². The maximum atomic E-state index is 13.4. The Morgan fingerprint density at radius 3 is 2.84 bits per heavy atom. The van der Waals surface area contributed by atoms with Crippen molar-refractivity contribution in [1.29, 1.82) is 0 Å². The summed E-state index contributed by atoms with van der Waals surface area (Å²) >= 11 is 0. The van der Waals surface area contributed by atoms with Crippen molar-refractivity contribution in [2.24, 2.45) is 5.73 Å². The molecule has 168 valence electrons. The predicted octanol–water partition coefficient (Wildman–Crippen LogP) is 4.58. The molecule has 5 heteroatoms. The van der Waals surface area contributed by atoms with Gasteiger partial charge in [0.05, 0.1) is 23.8 Å². The first-order chi connectivity index (χ1) is 15.7. The Hall–Kier alpha value is -2.76. The van der Waals surface area contributed by atoms with Crippen LogP contribution in [0.3, 0.4) is 0 Å². The summed E-state index contributed by atoms with van der Waals surface area (Å²) < 4.78 is 0. The summed E-state index contributed by atoms with van der Waals surface area (Å²) in [6.07, 6.45) is 7.64. The maximum Gasteiger partial charge on any atom is 0.237 e. The van der Waals surface area contributed by atoms with Crippen molar-refractivity contribution < 1.29 is 4.79 Å². The molecule has 5 nitrogen and oxygen atoms in total. The van der Waals surface area contributed by atoms with E-state index in [-0.39, 0.29) is 24.0 Å². The average Bonchev–Trinajstić information content (AvgIpc) is 2.83. The minimum absolute atomic E-state index is 0.0468. The van der Waals surface area contributed by atoms with E-state index in [9.17, 15) is 4.79 Å². The summed E-state index contributed by atoms with van der Waals surface area (Å²) in [5.74, 6) is 0.0468. The van der Waals surface area contributed by atoms with E-state index in [1.165, 1.54) is 16.3 Å².